The van der Waals surface area contributed by atoms with Crippen LogP contribution in [-0.4, -0.2) is 4.98 Å². The minimum absolute atomic E-state index is 0.564. The maximum Gasteiger partial charge on any atom is 0.301 e. The SMILES string of the molecule is CCc1nc2c(ccc3ccccc32)c[n+]1[O-]. The topological polar surface area (TPSA) is 39.8 Å². The molecule has 0 spiro atoms. The highest BCUT2D eigenvalue weighted by molar-refractivity contribution is 6.04. The largest absolute Gasteiger partial charge is 0.711 e. The Morgan fingerprint density at radius 2 is 1.88 bits per heavy atom. The first-order valence-electron chi connectivity index (χ1n) is 5.70. The highest BCUT2D eigenvalue weighted by Gasteiger charge is 2.11. The molecule has 0 saturated heterocycles. The maximum atomic E-state index is 11.7. The van der Waals surface area contributed by atoms with Crippen molar-refractivity contribution >= 4 is 21.7 Å². The molecule has 3 nitrogen and oxygen atoms in total. The Morgan fingerprint density at radius 3 is 2.71 bits per heavy atom. The number of benzene rings is 2. The van der Waals surface area contributed by atoms with Crippen LogP contribution in [0.2, 0.25) is 0 Å². The van der Waals surface area contributed by atoms with Crippen molar-refractivity contribution in [3.63, 3.8) is 0 Å². The summed E-state index contributed by atoms with van der Waals surface area (Å²) < 4.78 is 0.858. The van der Waals surface area contributed by atoms with Gasteiger partial charge in [-0.15, -0.1) is 0 Å². The van der Waals surface area contributed by atoms with Gasteiger partial charge in [-0.2, -0.15) is 0 Å². The summed E-state index contributed by atoms with van der Waals surface area (Å²) in [5.74, 6) is 0.564. The van der Waals surface area contributed by atoms with E-state index in [1.54, 1.807) is 6.20 Å². The zero-order valence-electron chi connectivity index (χ0n) is 9.55. The lowest BCUT2D eigenvalue weighted by Gasteiger charge is -2.06. The van der Waals surface area contributed by atoms with Gasteiger partial charge < -0.3 is 5.21 Å². The highest BCUT2D eigenvalue weighted by Crippen LogP contribution is 2.22. The molecule has 0 radical (unpaired) electrons. The van der Waals surface area contributed by atoms with Gasteiger partial charge in [-0.05, 0) is 22.5 Å². The molecule has 1 heterocycles. The fourth-order valence-corrected chi connectivity index (χ4v) is 2.12. The molecule has 0 N–H and O–H groups in total. The summed E-state index contributed by atoms with van der Waals surface area (Å²) in [6.07, 6.45) is 2.25. The van der Waals surface area contributed by atoms with Crippen molar-refractivity contribution in [2.45, 2.75) is 13.3 Å². The van der Waals surface area contributed by atoms with Crippen LogP contribution in [0.5, 0.6) is 0 Å². The number of nitrogens with zero attached hydrogens (tertiary/aromatic N) is 2. The quantitative estimate of drug-likeness (QED) is 0.362. The lowest BCUT2D eigenvalue weighted by molar-refractivity contribution is -0.615. The second-order valence-electron chi connectivity index (χ2n) is 4.06. The van der Waals surface area contributed by atoms with E-state index < -0.39 is 0 Å². The van der Waals surface area contributed by atoms with Gasteiger partial charge >= 0.3 is 5.82 Å². The Morgan fingerprint density at radius 1 is 1.12 bits per heavy atom. The second-order valence-corrected chi connectivity index (χ2v) is 4.06. The van der Waals surface area contributed by atoms with Crippen LogP contribution in [0, 0.1) is 5.21 Å². The molecule has 0 aliphatic rings. The van der Waals surface area contributed by atoms with E-state index in [1.807, 2.05) is 37.3 Å². The predicted octanol–water partition coefficient (Wildman–Crippen LogP) is 2.58. The van der Waals surface area contributed by atoms with Gasteiger partial charge in [0.05, 0.1) is 11.8 Å². The van der Waals surface area contributed by atoms with E-state index in [9.17, 15) is 5.21 Å². The molecule has 3 rings (SSSR count). The molecule has 3 aromatic rings. The van der Waals surface area contributed by atoms with Crippen LogP contribution in [0.25, 0.3) is 21.7 Å². The van der Waals surface area contributed by atoms with Gasteiger partial charge in [-0.1, -0.05) is 31.2 Å². The average molecular weight is 224 g/mol. The minimum Gasteiger partial charge on any atom is -0.711 e. The summed E-state index contributed by atoms with van der Waals surface area (Å²) in [6.45, 7) is 1.94. The first kappa shape index (κ1) is 10.0. The zero-order valence-corrected chi connectivity index (χ0v) is 9.55. The molecule has 0 bridgehead atoms. The van der Waals surface area contributed by atoms with Gasteiger partial charge in [0.2, 0.25) is 0 Å². The van der Waals surface area contributed by atoms with Crippen LogP contribution in [0.15, 0.2) is 42.6 Å². The van der Waals surface area contributed by atoms with Crippen LogP contribution in [-0.2, 0) is 6.42 Å². The summed E-state index contributed by atoms with van der Waals surface area (Å²) >= 11 is 0. The van der Waals surface area contributed by atoms with Crippen molar-refractivity contribution < 1.29 is 4.73 Å². The molecular weight excluding hydrogens is 212 g/mol. The van der Waals surface area contributed by atoms with E-state index in [1.165, 1.54) is 0 Å². The van der Waals surface area contributed by atoms with Crippen LogP contribution < -0.4 is 4.73 Å². The Bertz CT molecular complexity index is 707. The van der Waals surface area contributed by atoms with E-state index in [2.05, 4.69) is 11.1 Å². The number of rotatable bonds is 1. The van der Waals surface area contributed by atoms with Gasteiger partial charge in [0.15, 0.2) is 5.52 Å². The van der Waals surface area contributed by atoms with Crippen molar-refractivity contribution in [3.8, 4) is 0 Å². The van der Waals surface area contributed by atoms with Gasteiger partial charge in [0.25, 0.3) is 0 Å². The van der Waals surface area contributed by atoms with E-state index >= 15 is 0 Å². The highest BCUT2D eigenvalue weighted by atomic mass is 16.5. The third-order valence-electron chi connectivity index (χ3n) is 3.00. The fraction of sp³-hybridized carbons (Fsp3) is 0.143. The Hall–Kier alpha value is -2.16. The summed E-state index contributed by atoms with van der Waals surface area (Å²) in [5, 5.41) is 14.8. The Labute approximate surface area is 98.9 Å². The summed E-state index contributed by atoms with van der Waals surface area (Å²) in [5.41, 5.74) is 0.909. The van der Waals surface area contributed by atoms with Crippen LogP contribution in [0.3, 0.4) is 0 Å². The van der Waals surface area contributed by atoms with Crippen molar-refractivity contribution in [2.24, 2.45) is 0 Å². The molecular formula is C14H12N2O. The van der Waals surface area contributed by atoms with Crippen LogP contribution in [0.4, 0.5) is 0 Å². The molecule has 0 aliphatic heterocycles. The van der Waals surface area contributed by atoms with E-state index in [-0.39, 0.29) is 0 Å². The second kappa shape index (κ2) is 3.70. The van der Waals surface area contributed by atoms with Crippen LogP contribution >= 0.6 is 0 Å². The van der Waals surface area contributed by atoms with E-state index in [4.69, 9.17) is 0 Å². The van der Waals surface area contributed by atoms with Gasteiger partial charge in [-0.3, -0.25) is 0 Å². The number of hydrogen-bond donors (Lipinski definition) is 0. The van der Waals surface area contributed by atoms with Crippen molar-refractivity contribution in [1.82, 2.24) is 4.98 Å². The molecule has 0 saturated carbocycles. The molecule has 0 aliphatic carbocycles. The predicted molar refractivity (Wildman–Crippen MR) is 67.6 cm³/mol. The Balaban J connectivity index is 2.48. The average Bonchev–Trinajstić information content (AvgIpc) is 2.37. The summed E-state index contributed by atoms with van der Waals surface area (Å²) in [6, 6.07) is 12.1. The normalized spacial score (nSPS) is 11.1. The molecule has 0 atom stereocenters. The first-order chi connectivity index (χ1) is 8.29. The monoisotopic (exact) mass is 224 g/mol. The number of hydrogen-bond acceptors (Lipinski definition) is 2. The van der Waals surface area contributed by atoms with Gasteiger partial charge in [0, 0.05) is 5.39 Å². The molecule has 17 heavy (non-hydrogen) atoms. The molecule has 84 valence electrons. The third kappa shape index (κ3) is 1.51. The zero-order chi connectivity index (χ0) is 11.8. The van der Waals surface area contributed by atoms with Crippen molar-refractivity contribution in [1.29, 1.82) is 0 Å². The first-order valence-corrected chi connectivity index (χ1v) is 5.70. The summed E-state index contributed by atoms with van der Waals surface area (Å²) in [7, 11) is 0. The number of aromatic nitrogens is 2. The van der Waals surface area contributed by atoms with Gasteiger partial charge in [0.1, 0.15) is 6.20 Å². The van der Waals surface area contributed by atoms with E-state index in [0.717, 1.165) is 26.4 Å². The van der Waals surface area contributed by atoms with Gasteiger partial charge in [-0.25, -0.2) is 4.73 Å². The summed E-state index contributed by atoms with van der Waals surface area (Å²) in [4.78, 5) is 4.47. The fourth-order valence-electron chi connectivity index (χ4n) is 2.12. The lowest BCUT2D eigenvalue weighted by atomic mass is 10.1. The standard InChI is InChI=1S/C14H12N2O/c1-2-13-15-14-11(9-16(13)17)8-7-10-5-3-4-6-12(10)14/h3-9H,2H2,1H3. The molecule has 0 amide bonds. The molecule has 3 heteroatoms. The lowest BCUT2D eigenvalue weighted by Crippen LogP contribution is -2.32. The Kier molecular flexibility index (Phi) is 2.18. The van der Waals surface area contributed by atoms with Crippen LogP contribution in [0.1, 0.15) is 12.7 Å². The maximum absolute atomic E-state index is 11.7. The third-order valence-corrected chi connectivity index (χ3v) is 3.00. The van der Waals surface area contributed by atoms with Crippen molar-refractivity contribution in [3.05, 3.63) is 53.6 Å². The minimum atomic E-state index is 0.564. The smallest absolute Gasteiger partial charge is 0.301 e. The molecule has 0 unspecified atom stereocenters. The molecule has 1 aromatic heterocycles. The number of aryl methyl sites for hydroxylation is 1. The molecule has 0 fully saturated rings. The van der Waals surface area contributed by atoms with E-state index in [0.29, 0.717) is 12.2 Å². The molecule has 2 aromatic carbocycles. The number of fused-ring (bicyclic) bond motifs is 3. The van der Waals surface area contributed by atoms with Crippen molar-refractivity contribution in [2.75, 3.05) is 0 Å².